The van der Waals surface area contributed by atoms with Crippen molar-refractivity contribution in [1.82, 2.24) is 0 Å². The average Bonchev–Trinajstić information content (AvgIpc) is 3.12. The Labute approximate surface area is 320 Å². The van der Waals surface area contributed by atoms with Crippen molar-refractivity contribution in [3.05, 3.63) is 0 Å². The van der Waals surface area contributed by atoms with E-state index in [1.54, 1.807) is 0 Å². The standard InChI is InChI=1S/C47H92O4/c1-3-5-7-9-11-13-14-15-16-17-18-19-20-21-22-23-24-25-26-27-29-31-36-40-44-47(50)51-45(42-38-34-32-35-39-43-46(48)49)41-37-33-30-28-12-10-8-6-4-2/h45H,3-44H2,1-2H3,(H,48,49). The van der Waals surface area contributed by atoms with E-state index < -0.39 is 5.97 Å². The fourth-order valence-corrected chi connectivity index (χ4v) is 7.60. The van der Waals surface area contributed by atoms with Gasteiger partial charge in [0.1, 0.15) is 6.10 Å². The number of carbonyl (C=O) groups excluding carboxylic acids is 1. The predicted molar refractivity (Wildman–Crippen MR) is 223 cm³/mol. The fraction of sp³-hybridized carbons (Fsp3) is 0.957. The van der Waals surface area contributed by atoms with Gasteiger partial charge in [-0.2, -0.15) is 0 Å². The maximum absolute atomic E-state index is 12.7. The van der Waals surface area contributed by atoms with Crippen LogP contribution in [0.4, 0.5) is 0 Å². The molecule has 0 aliphatic rings. The summed E-state index contributed by atoms with van der Waals surface area (Å²) < 4.78 is 6.02. The number of hydrogen-bond donors (Lipinski definition) is 1. The Morgan fingerprint density at radius 3 is 0.863 bits per heavy atom. The summed E-state index contributed by atoms with van der Waals surface area (Å²) in [5, 5.41) is 8.83. The van der Waals surface area contributed by atoms with Crippen molar-refractivity contribution in [2.45, 2.75) is 290 Å². The van der Waals surface area contributed by atoms with Gasteiger partial charge in [0, 0.05) is 12.8 Å². The van der Waals surface area contributed by atoms with Gasteiger partial charge in [-0.05, 0) is 38.5 Å². The minimum atomic E-state index is -0.696. The molecule has 1 unspecified atom stereocenters. The Hall–Kier alpha value is -1.06. The Morgan fingerprint density at radius 1 is 0.353 bits per heavy atom. The number of carbonyl (C=O) groups is 2. The van der Waals surface area contributed by atoms with Crippen LogP contribution in [0, 0.1) is 0 Å². The molecule has 0 aromatic rings. The molecular formula is C47H92O4. The van der Waals surface area contributed by atoms with Crippen molar-refractivity contribution in [3.8, 4) is 0 Å². The molecule has 4 nitrogen and oxygen atoms in total. The van der Waals surface area contributed by atoms with Gasteiger partial charge in [-0.25, -0.2) is 0 Å². The van der Waals surface area contributed by atoms with Crippen LogP contribution < -0.4 is 0 Å². The molecular weight excluding hydrogens is 629 g/mol. The van der Waals surface area contributed by atoms with E-state index in [0.29, 0.717) is 6.42 Å². The van der Waals surface area contributed by atoms with Crippen molar-refractivity contribution < 1.29 is 19.4 Å². The lowest BCUT2D eigenvalue weighted by atomic mass is 10.0. The number of carboxylic acids is 1. The number of ether oxygens (including phenoxy) is 1. The van der Waals surface area contributed by atoms with E-state index in [2.05, 4.69) is 13.8 Å². The Balaban J connectivity index is 3.73. The topological polar surface area (TPSA) is 63.6 Å². The molecule has 0 rings (SSSR count). The third-order valence-electron chi connectivity index (χ3n) is 11.1. The van der Waals surface area contributed by atoms with E-state index in [0.717, 1.165) is 64.2 Å². The molecule has 1 atom stereocenters. The zero-order valence-electron chi connectivity index (χ0n) is 34.9. The van der Waals surface area contributed by atoms with Gasteiger partial charge in [0.2, 0.25) is 0 Å². The first-order chi connectivity index (χ1) is 25.1. The first kappa shape index (κ1) is 49.9. The largest absolute Gasteiger partial charge is 0.481 e. The summed E-state index contributed by atoms with van der Waals surface area (Å²) >= 11 is 0. The Kier molecular flexibility index (Phi) is 42.4. The Morgan fingerprint density at radius 2 is 0.588 bits per heavy atom. The monoisotopic (exact) mass is 721 g/mol. The van der Waals surface area contributed by atoms with Gasteiger partial charge >= 0.3 is 11.9 Å². The second-order valence-electron chi connectivity index (χ2n) is 16.3. The predicted octanol–water partition coefficient (Wildman–Crippen LogP) is 16.4. The van der Waals surface area contributed by atoms with E-state index in [-0.39, 0.29) is 18.5 Å². The molecule has 0 saturated carbocycles. The number of rotatable bonds is 44. The van der Waals surface area contributed by atoms with Crippen LogP contribution in [0.1, 0.15) is 284 Å². The second-order valence-corrected chi connectivity index (χ2v) is 16.3. The molecule has 0 heterocycles. The fourth-order valence-electron chi connectivity index (χ4n) is 7.60. The molecule has 51 heavy (non-hydrogen) atoms. The normalized spacial score (nSPS) is 12.0. The van der Waals surface area contributed by atoms with Gasteiger partial charge < -0.3 is 9.84 Å². The maximum atomic E-state index is 12.7. The van der Waals surface area contributed by atoms with Crippen molar-refractivity contribution in [3.63, 3.8) is 0 Å². The second kappa shape index (κ2) is 43.3. The zero-order chi connectivity index (χ0) is 37.1. The molecule has 304 valence electrons. The highest BCUT2D eigenvalue weighted by molar-refractivity contribution is 5.69. The molecule has 0 fully saturated rings. The summed E-state index contributed by atoms with van der Waals surface area (Å²) in [4.78, 5) is 23.4. The summed E-state index contributed by atoms with van der Waals surface area (Å²) in [6.07, 6.45) is 53.0. The van der Waals surface area contributed by atoms with Crippen LogP contribution in [-0.4, -0.2) is 23.1 Å². The molecule has 0 amide bonds. The highest BCUT2D eigenvalue weighted by Gasteiger charge is 2.14. The number of unbranched alkanes of at least 4 members (excludes halogenated alkanes) is 35. The van der Waals surface area contributed by atoms with Crippen LogP contribution in [0.5, 0.6) is 0 Å². The van der Waals surface area contributed by atoms with Gasteiger partial charge in [-0.3, -0.25) is 9.59 Å². The summed E-state index contributed by atoms with van der Waals surface area (Å²) in [6, 6.07) is 0. The zero-order valence-corrected chi connectivity index (χ0v) is 34.9. The minimum Gasteiger partial charge on any atom is -0.481 e. The summed E-state index contributed by atoms with van der Waals surface area (Å²) in [5.41, 5.74) is 0. The minimum absolute atomic E-state index is 0.0104. The number of carboxylic acid groups (broad SMARTS) is 1. The molecule has 0 radical (unpaired) electrons. The van der Waals surface area contributed by atoms with Crippen molar-refractivity contribution in [1.29, 1.82) is 0 Å². The van der Waals surface area contributed by atoms with Gasteiger partial charge in [0.05, 0.1) is 0 Å². The molecule has 4 heteroatoms. The number of hydrogen-bond acceptors (Lipinski definition) is 3. The van der Waals surface area contributed by atoms with Crippen LogP contribution in [0.2, 0.25) is 0 Å². The van der Waals surface area contributed by atoms with E-state index >= 15 is 0 Å². The average molecular weight is 721 g/mol. The lowest BCUT2D eigenvalue weighted by Gasteiger charge is -2.18. The van der Waals surface area contributed by atoms with E-state index in [4.69, 9.17) is 9.84 Å². The maximum Gasteiger partial charge on any atom is 0.306 e. The molecule has 1 N–H and O–H groups in total. The third-order valence-corrected chi connectivity index (χ3v) is 11.1. The number of aliphatic carboxylic acids is 1. The van der Waals surface area contributed by atoms with E-state index in [1.807, 2.05) is 0 Å². The first-order valence-electron chi connectivity index (χ1n) is 23.5. The molecule has 0 bridgehead atoms. The molecule has 0 aliphatic carbocycles. The first-order valence-corrected chi connectivity index (χ1v) is 23.5. The van der Waals surface area contributed by atoms with Crippen LogP contribution in [0.15, 0.2) is 0 Å². The van der Waals surface area contributed by atoms with Gasteiger partial charge in [-0.15, -0.1) is 0 Å². The van der Waals surface area contributed by atoms with Crippen molar-refractivity contribution >= 4 is 11.9 Å². The van der Waals surface area contributed by atoms with Crippen molar-refractivity contribution in [2.75, 3.05) is 0 Å². The number of esters is 1. The SMILES string of the molecule is CCCCCCCCCCCCCCCCCCCCCCCCCCC(=O)OC(CCCCCCCCCCC)CCCCCCCC(=O)O. The summed E-state index contributed by atoms with van der Waals surface area (Å²) in [5.74, 6) is -0.685. The van der Waals surface area contributed by atoms with Gasteiger partial charge in [-0.1, -0.05) is 232 Å². The molecule has 0 aromatic heterocycles. The molecule has 0 aromatic carbocycles. The summed E-state index contributed by atoms with van der Waals surface area (Å²) in [7, 11) is 0. The molecule has 0 saturated heterocycles. The lowest BCUT2D eigenvalue weighted by Crippen LogP contribution is -2.18. The quantitative estimate of drug-likeness (QED) is 0.0503. The Bertz CT molecular complexity index is 692. The van der Waals surface area contributed by atoms with E-state index in [9.17, 15) is 9.59 Å². The third kappa shape index (κ3) is 43.2. The van der Waals surface area contributed by atoms with Crippen molar-refractivity contribution in [2.24, 2.45) is 0 Å². The summed E-state index contributed by atoms with van der Waals surface area (Å²) in [6.45, 7) is 4.57. The van der Waals surface area contributed by atoms with Gasteiger partial charge in [0.15, 0.2) is 0 Å². The van der Waals surface area contributed by atoms with Gasteiger partial charge in [0.25, 0.3) is 0 Å². The lowest BCUT2D eigenvalue weighted by molar-refractivity contribution is -0.150. The highest BCUT2D eigenvalue weighted by Crippen LogP contribution is 2.20. The van der Waals surface area contributed by atoms with Crippen LogP contribution >= 0.6 is 0 Å². The van der Waals surface area contributed by atoms with E-state index in [1.165, 1.54) is 193 Å². The highest BCUT2D eigenvalue weighted by atomic mass is 16.5. The molecule has 0 spiro atoms. The van der Waals surface area contributed by atoms with Crippen LogP contribution in [0.3, 0.4) is 0 Å². The van der Waals surface area contributed by atoms with Crippen LogP contribution in [-0.2, 0) is 14.3 Å². The van der Waals surface area contributed by atoms with Crippen LogP contribution in [0.25, 0.3) is 0 Å². The molecule has 0 aliphatic heterocycles. The smallest absolute Gasteiger partial charge is 0.306 e.